The van der Waals surface area contributed by atoms with Crippen molar-refractivity contribution in [2.45, 2.75) is 6.92 Å². The second-order valence-corrected chi connectivity index (χ2v) is 3.11. The van der Waals surface area contributed by atoms with Crippen molar-refractivity contribution in [1.82, 2.24) is 9.97 Å². The van der Waals surface area contributed by atoms with Crippen molar-refractivity contribution in [3.63, 3.8) is 0 Å². The highest BCUT2D eigenvalue weighted by Gasteiger charge is 2.01. The lowest BCUT2D eigenvalue weighted by atomic mass is 10.2. The van der Waals surface area contributed by atoms with Gasteiger partial charge in [-0.25, -0.2) is 4.98 Å². The normalized spacial score (nSPS) is 9.60. The molecule has 15 heavy (non-hydrogen) atoms. The van der Waals surface area contributed by atoms with E-state index >= 15 is 0 Å². The first-order chi connectivity index (χ1) is 7.28. The first-order valence-electron chi connectivity index (χ1n) is 4.47. The van der Waals surface area contributed by atoms with E-state index in [2.05, 4.69) is 9.97 Å². The minimum absolute atomic E-state index is 0.433. The summed E-state index contributed by atoms with van der Waals surface area (Å²) in [6.07, 6.45) is 1.68. The number of nitriles is 1. The molecule has 0 atom stereocenters. The largest absolute Gasteiger partial charge is 0.426 e. The molecule has 1 N–H and O–H groups in total. The molecule has 0 aliphatic heterocycles. The van der Waals surface area contributed by atoms with E-state index in [0.717, 1.165) is 5.69 Å². The van der Waals surface area contributed by atoms with Gasteiger partial charge < -0.3 is 9.72 Å². The van der Waals surface area contributed by atoms with E-state index in [1.165, 1.54) is 0 Å². The number of hydrogen-bond acceptors (Lipinski definition) is 3. The number of aromatic amines is 1. The number of nitrogens with one attached hydrogen (secondary N) is 1. The van der Waals surface area contributed by atoms with Crippen LogP contribution in [0.25, 0.3) is 0 Å². The smallest absolute Gasteiger partial charge is 0.299 e. The maximum atomic E-state index is 8.70. The fraction of sp³-hybridized carbons (Fsp3) is 0.0909. The molecule has 0 bridgehead atoms. The molecule has 1 aromatic heterocycles. The molecule has 1 heterocycles. The van der Waals surface area contributed by atoms with Gasteiger partial charge >= 0.3 is 0 Å². The molecular formula is C11H9N3O. The molecule has 1 aromatic carbocycles. The van der Waals surface area contributed by atoms with Crippen LogP contribution in [0, 0.1) is 18.3 Å². The van der Waals surface area contributed by atoms with E-state index in [1.54, 1.807) is 30.5 Å². The molecule has 74 valence electrons. The minimum Gasteiger partial charge on any atom is -0.426 e. The Morgan fingerprint density at radius 3 is 3.00 bits per heavy atom. The Hall–Kier alpha value is -2.28. The van der Waals surface area contributed by atoms with Crippen molar-refractivity contribution < 1.29 is 4.74 Å². The highest BCUT2D eigenvalue weighted by Crippen LogP contribution is 2.18. The van der Waals surface area contributed by atoms with Gasteiger partial charge in [-0.05, 0) is 25.1 Å². The van der Waals surface area contributed by atoms with Crippen LogP contribution in [0.15, 0.2) is 30.5 Å². The molecule has 0 fully saturated rings. The van der Waals surface area contributed by atoms with Gasteiger partial charge in [0.1, 0.15) is 5.75 Å². The SMILES string of the molecule is Cc1cnc(Oc2cccc(C#N)c2)[nH]1. The number of aromatic nitrogens is 2. The van der Waals surface area contributed by atoms with Crippen LogP contribution in [0.2, 0.25) is 0 Å². The van der Waals surface area contributed by atoms with Crippen LogP contribution in [-0.4, -0.2) is 9.97 Å². The minimum atomic E-state index is 0.433. The number of imidazole rings is 1. The van der Waals surface area contributed by atoms with Crippen LogP contribution >= 0.6 is 0 Å². The third-order valence-corrected chi connectivity index (χ3v) is 1.86. The molecule has 2 rings (SSSR count). The van der Waals surface area contributed by atoms with Gasteiger partial charge in [0.15, 0.2) is 0 Å². The molecule has 0 saturated heterocycles. The van der Waals surface area contributed by atoms with E-state index in [4.69, 9.17) is 10.00 Å². The van der Waals surface area contributed by atoms with Crippen molar-refractivity contribution in [2.75, 3.05) is 0 Å². The van der Waals surface area contributed by atoms with Gasteiger partial charge in [-0.3, -0.25) is 0 Å². The lowest BCUT2D eigenvalue weighted by Gasteiger charge is -2.01. The number of ether oxygens (including phenoxy) is 1. The predicted molar refractivity (Wildman–Crippen MR) is 54.6 cm³/mol. The Morgan fingerprint density at radius 1 is 1.47 bits per heavy atom. The fourth-order valence-corrected chi connectivity index (χ4v) is 1.18. The maximum Gasteiger partial charge on any atom is 0.299 e. The number of H-pyrrole nitrogens is 1. The van der Waals surface area contributed by atoms with Gasteiger partial charge in [-0.2, -0.15) is 5.26 Å². The molecule has 0 spiro atoms. The molecule has 0 unspecified atom stereocenters. The summed E-state index contributed by atoms with van der Waals surface area (Å²) in [5.74, 6) is 0.600. The molecule has 0 radical (unpaired) electrons. The van der Waals surface area contributed by atoms with Crippen LogP contribution in [0.1, 0.15) is 11.3 Å². The molecule has 0 aliphatic carbocycles. The van der Waals surface area contributed by atoms with Crippen molar-refractivity contribution in [1.29, 1.82) is 5.26 Å². The predicted octanol–water partition coefficient (Wildman–Crippen LogP) is 2.38. The molecule has 4 nitrogen and oxygen atoms in total. The van der Waals surface area contributed by atoms with E-state index < -0.39 is 0 Å². The van der Waals surface area contributed by atoms with Crippen LogP contribution in [0.5, 0.6) is 11.8 Å². The number of rotatable bonds is 2. The zero-order chi connectivity index (χ0) is 10.7. The van der Waals surface area contributed by atoms with Gasteiger partial charge in [0.2, 0.25) is 0 Å². The Morgan fingerprint density at radius 2 is 2.33 bits per heavy atom. The lowest BCUT2D eigenvalue weighted by Crippen LogP contribution is -1.86. The quantitative estimate of drug-likeness (QED) is 0.807. The Labute approximate surface area is 87.2 Å². The molecule has 0 saturated carbocycles. The number of hydrogen-bond donors (Lipinski definition) is 1. The van der Waals surface area contributed by atoms with E-state index in [9.17, 15) is 0 Å². The average molecular weight is 199 g/mol. The zero-order valence-corrected chi connectivity index (χ0v) is 8.19. The second-order valence-electron chi connectivity index (χ2n) is 3.11. The molecule has 0 aliphatic rings. The summed E-state index contributed by atoms with van der Waals surface area (Å²) in [4.78, 5) is 6.95. The van der Waals surface area contributed by atoms with Crippen molar-refractivity contribution >= 4 is 0 Å². The van der Waals surface area contributed by atoms with Crippen molar-refractivity contribution in [3.8, 4) is 17.8 Å². The third-order valence-electron chi connectivity index (χ3n) is 1.86. The van der Waals surface area contributed by atoms with Crippen molar-refractivity contribution in [2.24, 2.45) is 0 Å². The average Bonchev–Trinajstić information content (AvgIpc) is 2.64. The molecular weight excluding hydrogens is 190 g/mol. The molecule has 0 amide bonds. The van der Waals surface area contributed by atoms with Crippen LogP contribution in [0.3, 0.4) is 0 Å². The van der Waals surface area contributed by atoms with Gasteiger partial charge in [-0.15, -0.1) is 0 Å². The lowest BCUT2D eigenvalue weighted by molar-refractivity contribution is 0.447. The summed E-state index contributed by atoms with van der Waals surface area (Å²) in [7, 11) is 0. The van der Waals surface area contributed by atoms with Crippen LogP contribution in [0.4, 0.5) is 0 Å². The first-order valence-corrected chi connectivity index (χ1v) is 4.47. The highest BCUT2D eigenvalue weighted by molar-refractivity contribution is 5.37. The van der Waals surface area contributed by atoms with Crippen molar-refractivity contribution in [3.05, 3.63) is 41.7 Å². The van der Waals surface area contributed by atoms with E-state index in [0.29, 0.717) is 17.3 Å². The summed E-state index contributed by atoms with van der Waals surface area (Å²) in [6, 6.07) is 9.41. The van der Waals surface area contributed by atoms with E-state index in [-0.39, 0.29) is 0 Å². The third kappa shape index (κ3) is 2.15. The number of aryl methyl sites for hydroxylation is 1. The van der Waals surface area contributed by atoms with Gasteiger partial charge in [0.25, 0.3) is 6.01 Å². The summed E-state index contributed by atoms with van der Waals surface area (Å²) < 4.78 is 5.42. The highest BCUT2D eigenvalue weighted by atomic mass is 16.5. The number of benzene rings is 1. The van der Waals surface area contributed by atoms with Gasteiger partial charge in [0.05, 0.1) is 17.8 Å². The van der Waals surface area contributed by atoms with E-state index in [1.807, 2.05) is 13.0 Å². The zero-order valence-electron chi connectivity index (χ0n) is 8.19. The fourth-order valence-electron chi connectivity index (χ4n) is 1.18. The van der Waals surface area contributed by atoms with Crippen LogP contribution in [-0.2, 0) is 0 Å². The Kier molecular flexibility index (Phi) is 2.38. The number of nitrogens with zero attached hydrogens (tertiary/aromatic N) is 2. The van der Waals surface area contributed by atoms with Gasteiger partial charge in [-0.1, -0.05) is 6.07 Å². The van der Waals surface area contributed by atoms with Gasteiger partial charge in [0, 0.05) is 5.69 Å². The maximum absolute atomic E-state index is 8.70. The topological polar surface area (TPSA) is 61.7 Å². The Bertz CT molecular complexity index is 511. The molecule has 4 heteroatoms. The standard InChI is InChI=1S/C11H9N3O/c1-8-7-13-11(14-8)15-10-4-2-3-9(5-10)6-12/h2-5,7H,1H3,(H,13,14). The summed E-state index contributed by atoms with van der Waals surface area (Å²) >= 11 is 0. The summed E-state index contributed by atoms with van der Waals surface area (Å²) in [5, 5.41) is 8.70. The second kappa shape index (κ2) is 3.84. The first kappa shape index (κ1) is 9.28. The summed E-state index contributed by atoms with van der Waals surface area (Å²) in [5.41, 5.74) is 1.50. The summed E-state index contributed by atoms with van der Waals surface area (Å²) in [6.45, 7) is 1.89. The monoisotopic (exact) mass is 199 g/mol. The van der Waals surface area contributed by atoms with Crippen LogP contribution < -0.4 is 4.74 Å². The Balaban J connectivity index is 2.21. The molecule has 2 aromatic rings.